The lowest BCUT2D eigenvalue weighted by molar-refractivity contribution is -0.146. The lowest BCUT2D eigenvalue weighted by Crippen LogP contribution is -2.56. The van der Waals surface area contributed by atoms with E-state index in [0.717, 1.165) is 5.56 Å². The molecule has 1 saturated heterocycles. The molecule has 0 saturated carbocycles. The maximum atomic E-state index is 13.1. The van der Waals surface area contributed by atoms with Crippen LogP contribution in [0.2, 0.25) is 0 Å². The summed E-state index contributed by atoms with van der Waals surface area (Å²) < 4.78 is 19.9. The fourth-order valence-electron chi connectivity index (χ4n) is 2.57. The van der Waals surface area contributed by atoms with Crippen molar-refractivity contribution in [2.24, 2.45) is 0 Å². The van der Waals surface area contributed by atoms with E-state index in [9.17, 15) is 18.8 Å². The third-order valence-electron chi connectivity index (χ3n) is 4.07. The Morgan fingerprint density at radius 1 is 1.36 bits per heavy atom. The van der Waals surface area contributed by atoms with E-state index in [1.165, 1.54) is 22.9 Å². The Morgan fingerprint density at radius 2 is 2.12 bits per heavy atom. The number of rotatable bonds is 5. The molecule has 0 spiro atoms. The molecule has 2 aromatic rings. The molecule has 132 valence electrons. The summed E-state index contributed by atoms with van der Waals surface area (Å²) >= 11 is 0. The van der Waals surface area contributed by atoms with Gasteiger partial charge in [0.1, 0.15) is 12.4 Å². The smallest absolute Gasteiger partial charge is 0.328 e. The SMILES string of the molecule is Cc1cn(CC(=O)N2CC(OCc3cccc(F)c3)C2)c(=O)[nH]c1=O. The maximum absolute atomic E-state index is 13.1. The Bertz CT molecular complexity index is 899. The molecule has 7 nitrogen and oxygen atoms in total. The minimum atomic E-state index is -0.608. The Kier molecular flexibility index (Phi) is 4.80. The molecule has 8 heteroatoms. The topological polar surface area (TPSA) is 84.4 Å². The number of aromatic nitrogens is 2. The van der Waals surface area contributed by atoms with Crippen molar-refractivity contribution in [1.82, 2.24) is 14.5 Å². The average Bonchev–Trinajstić information content (AvgIpc) is 2.51. The van der Waals surface area contributed by atoms with Crippen molar-refractivity contribution < 1.29 is 13.9 Å². The van der Waals surface area contributed by atoms with Crippen LogP contribution in [-0.2, 0) is 22.7 Å². The van der Waals surface area contributed by atoms with Gasteiger partial charge in [-0.15, -0.1) is 0 Å². The second-order valence-electron chi connectivity index (χ2n) is 6.06. The van der Waals surface area contributed by atoms with Crippen molar-refractivity contribution in [3.63, 3.8) is 0 Å². The predicted molar refractivity (Wildman–Crippen MR) is 87.6 cm³/mol. The summed E-state index contributed by atoms with van der Waals surface area (Å²) in [6.07, 6.45) is 1.26. The van der Waals surface area contributed by atoms with Crippen LogP contribution < -0.4 is 11.2 Å². The molecule has 1 aliphatic rings. The molecular formula is C17H18FN3O4. The highest BCUT2D eigenvalue weighted by molar-refractivity contribution is 5.76. The van der Waals surface area contributed by atoms with E-state index in [1.807, 2.05) is 0 Å². The summed E-state index contributed by atoms with van der Waals surface area (Å²) in [6.45, 7) is 2.56. The van der Waals surface area contributed by atoms with Gasteiger partial charge in [0.15, 0.2) is 0 Å². The van der Waals surface area contributed by atoms with Gasteiger partial charge >= 0.3 is 5.69 Å². The van der Waals surface area contributed by atoms with Crippen LogP contribution >= 0.6 is 0 Å². The van der Waals surface area contributed by atoms with Crippen LogP contribution in [0, 0.1) is 12.7 Å². The summed E-state index contributed by atoms with van der Waals surface area (Å²) in [5.41, 5.74) is 0.0409. The summed E-state index contributed by atoms with van der Waals surface area (Å²) in [4.78, 5) is 38.9. The van der Waals surface area contributed by atoms with Gasteiger partial charge in [-0.05, 0) is 24.6 Å². The fourth-order valence-corrected chi connectivity index (χ4v) is 2.57. The monoisotopic (exact) mass is 347 g/mol. The second kappa shape index (κ2) is 7.02. The highest BCUT2D eigenvalue weighted by Gasteiger charge is 2.31. The van der Waals surface area contributed by atoms with Crippen LogP contribution in [0.5, 0.6) is 0 Å². The Morgan fingerprint density at radius 3 is 2.84 bits per heavy atom. The van der Waals surface area contributed by atoms with Crippen LogP contribution in [0.15, 0.2) is 40.1 Å². The number of aryl methyl sites for hydroxylation is 1. The summed E-state index contributed by atoms with van der Waals surface area (Å²) in [7, 11) is 0. The van der Waals surface area contributed by atoms with Crippen molar-refractivity contribution in [2.45, 2.75) is 26.2 Å². The van der Waals surface area contributed by atoms with Crippen LogP contribution in [0.25, 0.3) is 0 Å². The highest BCUT2D eigenvalue weighted by atomic mass is 19.1. The van der Waals surface area contributed by atoms with Gasteiger partial charge in [0, 0.05) is 24.8 Å². The summed E-state index contributed by atoms with van der Waals surface area (Å²) in [5.74, 6) is -0.535. The predicted octanol–water partition coefficient (Wildman–Crippen LogP) is 0.412. The van der Waals surface area contributed by atoms with E-state index < -0.39 is 11.2 Å². The van der Waals surface area contributed by atoms with Crippen LogP contribution in [0.3, 0.4) is 0 Å². The summed E-state index contributed by atoms with van der Waals surface area (Å²) in [5, 5.41) is 0. The number of nitrogens with zero attached hydrogens (tertiary/aromatic N) is 2. The van der Waals surface area contributed by atoms with E-state index >= 15 is 0 Å². The molecule has 0 radical (unpaired) electrons. The Balaban J connectivity index is 1.49. The lowest BCUT2D eigenvalue weighted by Gasteiger charge is -2.39. The van der Waals surface area contributed by atoms with E-state index in [2.05, 4.69) is 4.98 Å². The van der Waals surface area contributed by atoms with Gasteiger partial charge in [0.2, 0.25) is 5.91 Å². The number of ether oxygens (including phenoxy) is 1. The number of benzene rings is 1. The standard InChI is InChI=1S/C17H18FN3O4/c1-11-6-21(17(24)19-16(11)23)9-15(22)20-7-14(8-20)25-10-12-3-2-4-13(18)5-12/h2-6,14H,7-10H2,1H3,(H,19,23,24). The number of hydrogen-bond donors (Lipinski definition) is 1. The first-order valence-electron chi connectivity index (χ1n) is 7.86. The number of aromatic amines is 1. The molecular weight excluding hydrogens is 329 g/mol. The van der Waals surface area contributed by atoms with Crippen molar-refractivity contribution >= 4 is 5.91 Å². The van der Waals surface area contributed by atoms with Gasteiger partial charge in [-0.2, -0.15) is 0 Å². The molecule has 1 fully saturated rings. The van der Waals surface area contributed by atoms with Gasteiger partial charge in [-0.1, -0.05) is 12.1 Å². The third-order valence-corrected chi connectivity index (χ3v) is 4.07. The number of carbonyl (C=O) groups is 1. The van der Waals surface area contributed by atoms with Gasteiger partial charge < -0.3 is 9.64 Å². The molecule has 1 N–H and O–H groups in total. The van der Waals surface area contributed by atoms with Crippen molar-refractivity contribution in [2.75, 3.05) is 13.1 Å². The first-order chi connectivity index (χ1) is 11.9. The van der Waals surface area contributed by atoms with E-state index in [1.54, 1.807) is 24.0 Å². The molecule has 1 amide bonds. The molecule has 0 unspecified atom stereocenters. The number of nitrogens with one attached hydrogen (secondary N) is 1. The zero-order valence-electron chi connectivity index (χ0n) is 13.7. The number of H-pyrrole nitrogens is 1. The highest BCUT2D eigenvalue weighted by Crippen LogP contribution is 2.15. The first-order valence-corrected chi connectivity index (χ1v) is 7.86. The molecule has 3 rings (SSSR count). The van der Waals surface area contributed by atoms with E-state index in [4.69, 9.17) is 4.74 Å². The second-order valence-corrected chi connectivity index (χ2v) is 6.06. The number of amides is 1. The quantitative estimate of drug-likeness (QED) is 0.849. The van der Waals surface area contributed by atoms with Crippen molar-refractivity contribution in [3.8, 4) is 0 Å². The third kappa shape index (κ3) is 4.03. The molecule has 25 heavy (non-hydrogen) atoms. The minimum absolute atomic E-state index is 0.110. The number of hydrogen-bond acceptors (Lipinski definition) is 4. The minimum Gasteiger partial charge on any atom is -0.370 e. The normalized spacial score (nSPS) is 14.4. The molecule has 0 aliphatic carbocycles. The number of carbonyl (C=O) groups excluding carboxylic acids is 1. The Hall–Kier alpha value is -2.74. The van der Waals surface area contributed by atoms with E-state index in [-0.39, 0.29) is 31.0 Å². The fraction of sp³-hybridized carbons (Fsp3) is 0.353. The van der Waals surface area contributed by atoms with Crippen molar-refractivity contribution in [1.29, 1.82) is 0 Å². The molecule has 1 aromatic heterocycles. The lowest BCUT2D eigenvalue weighted by atomic mass is 10.1. The number of likely N-dealkylation sites (tertiary alicyclic amines) is 1. The largest absolute Gasteiger partial charge is 0.370 e. The Labute approximate surface area is 142 Å². The zero-order valence-corrected chi connectivity index (χ0v) is 13.7. The number of halogens is 1. The van der Waals surface area contributed by atoms with Crippen molar-refractivity contribution in [3.05, 3.63) is 68.2 Å². The molecule has 0 bridgehead atoms. The zero-order chi connectivity index (χ0) is 18.0. The van der Waals surface area contributed by atoms with Gasteiger partial charge in [-0.25, -0.2) is 9.18 Å². The van der Waals surface area contributed by atoms with Crippen LogP contribution in [0.1, 0.15) is 11.1 Å². The van der Waals surface area contributed by atoms with Gasteiger partial charge in [0.25, 0.3) is 5.56 Å². The molecule has 0 atom stereocenters. The van der Waals surface area contributed by atoms with Crippen LogP contribution in [-0.4, -0.2) is 39.6 Å². The first kappa shape index (κ1) is 17.1. The maximum Gasteiger partial charge on any atom is 0.328 e. The van der Waals surface area contributed by atoms with Gasteiger partial charge in [-0.3, -0.25) is 19.1 Å². The summed E-state index contributed by atoms with van der Waals surface area (Å²) in [6, 6.07) is 6.17. The molecule has 1 aliphatic heterocycles. The molecule has 1 aromatic carbocycles. The van der Waals surface area contributed by atoms with Crippen LogP contribution in [0.4, 0.5) is 4.39 Å². The van der Waals surface area contributed by atoms with E-state index in [0.29, 0.717) is 18.7 Å². The molecule has 2 heterocycles. The average molecular weight is 347 g/mol. The van der Waals surface area contributed by atoms with Gasteiger partial charge in [0.05, 0.1) is 12.7 Å².